The van der Waals surface area contributed by atoms with Gasteiger partial charge in [0.2, 0.25) is 5.91 Å². The number of benzene rings is 1. The highest BCUT2D eigenvalue weighted by Gasteiger charge is 2.13. The third-order valence-electron chi connectivity index (χ3n) is 4.14. The number of likely N-dealkylation sites (tertiary alicyclic amines) is 1. The van der Waals surface area contributed by atoms with E-state index in [-0.39, 0.29) is 11.8 Å². The molecular formula is C18H27N3O2. The first-order valence-electron chi connectivity index (χ1n) is 8.40. The molecule has 0 saturated carbocycles. The lowest BCUT2D eigenvalue weighted by Crippen LogP contribution is -2.35. The van der Waals surface area contributed by atoms with E-state index in [2.05, 4.69) is 10.2 Å². The minimum absolute atomic E-state index is 0.0114. The minimum Gasteiger partial charge on any atom is -0.345 e. The van der Waals surface area contributed by atoms with E-state index < -0.39 is 0 Å². The van der Waals surface area contributed by atoms with Gasteiger partial charge in [-0.05, 0) is 50.2 Å². The van der Waals surface area contributed by atoms with Crippen molar-refractivity contribution >= 4 is 17.5 Å². The summed E-state index contributed by atoms with van der Waals surface area (Å²) in [5.74, 6) is -0.0271. The molecule has 1 aliphatic rings. The number of nitrogens with zero attached hydrogens (tertiary/aromatic N) is 2. The standard InChI is InChI=1S/C18H27N3O2/c1-20(2)18(23)15-8-10-16(11-9-15)19-17(22)14-21-12-6-4-3-5-7-13-21/h8-11H,3-7,12-14H2,1-2H3,(H,19,22). The molecule has 1 aromatic rings. The van der Waals surface area contributed by atoms with E-state index in [4.69, 9.17) is 0 Å². The molecule has 0 spiro atoms. The van der Waals surface area contributed by atoms with Gasteiger partial charge in [0.1, 0.15) is 0 Å². The molecule has 5 heteroatoms. The van der Waals surface area contributed by atoms with Gasteiger partial charge in [-0.25, -0.2) is 0 Å². The molecule has 2 rings (SSSR count). The third kappa shape index (κ3) is 5.67. The predicted molar refractivity (Wildman–Crippen MR) is 92.6 cm³/mol. The van der Waals surface area contributed by atoms with E-state index in [1.54, 1.807) is 38.4 Å². The zero-order valence-corrected chi connectivity index (χ0v) is 14.2. The fourth-order valence-corrected chi connectivity index (χ4v) is 2.83. The van der Waals surface area contributed by atoms with Crippen LogP contribution in [0.2, 0.25) is 0 Å². The molecule has 0 radical (unpaired) electrons. The van der Waals surface area contributed by atoms with Gasteiger partial charge in [-0.1, -0.05) is 19.3 Å². The summed E-state index contributed by atoms with van der Waals surface area (Å²) in [5, 5.41) is 2.92. The van der Waals surface area contributed by atoms with Gasteiger partial charge in [0, 0.05) is 25.3 Å². The SMILES string of the molecule is CN(C)C(=O)c1ccc(NC(=O)CN2CCCCCCC2)cc1. The highest BCUT2D eigenvalue weighted by Crippen LogP contribution is 2.12. The van der Waals surface area contributed by atoms with Crippen molar-refractivity contribution in [1.82, 2.24) is 9.80 Å². The van der Waals surface area contributed by atoms with Crippen molar-refractivity contribution in [2.75, 3.05) is 39.0 Å². The summed E-state index contributed by atoms with van der Waals surface area (Å²) in [6.45, 7) is 2.45. The van der Waals surface area contributed by atoms with Crippen molar-refractivity contribution in [1.29, 1.82) is 0 Å². The molecule has 1 aromatic carbocycles. The summed E-state index contributed by atoms with van der Waals surface area (Å²) in [5.41, 5.74) is 1.36. The summed E-state index contributed by atoms with van der Waals surface area (Å²) in [7, 11) is 3.45. The Hall–Kier alpha value is -1.88. The summed E-state index contributed by atoms with van der Waals surface area (Å²) >= 11 is 0. The first-order valence-corrected chi connectivity index (χ1v) is 8.40. The molecule has 1 heterocycles. The van der Waals surface area contributed by atoms with Gasteiger partial charge in [-0.15, -0.1) is 0 Å². The number of amides is 2. The summed E-state index contributed by atoms with van der Waals surface area (Å²) in [4.78, 5) is 27.8. The van der Waals surface area contributed by atoms with Gasteiger partial charge < -0.3 is 10.2 Å². The molecule has 23 heavy (non-hydrogen) atoms. The maximum atomic E-state index is 12.2. The van der Waals surface area contributed by atoms with Gasteiger partial charge in [0.15, 0.2) is 0 Å². The molecule has 126 valence electrons. The van der Waals surface area contributed by atoms with Crippen molar-refractivity contribution < 1.29 is 9.59 Å². The molecule has 0 aliphatic carbocycles. The number of hydrogen-bond donors (Lipinski definition) is 1. The molecule has 2 amide bonds. The Balaban J connectivity index is 1.85. The largest absolute Gasteiger partial charge is 0.345 e. The van der Waals surface area contributed by atoms with Crippen molar-refractivity contribution in [3.63, 3.8) is 0 Å². The Kier molecular flexibility index (Phi) is 6.59. The van der Waals surface area contributed by atoms with Crippen LogP contribution in [0.1, 0.15) is 42.5 Å². The molecule has 1 aliphatic heterocycles. The summed E-state index contributed by atoms with van der Waals surface area (Å²) < 4.78 is 0. The van der Waals surface area contributed by atoms with Gasteiger partial charge in [-0.2, -0.15) is 0 Å². The smallest absolute Gasteiger partial charge is 0.253 e. The molecule has 0 atom stereocenters. The second-order valence-electron chi connectivity index (χ2n) is 6.37. The highest BCUT2D eigenvalue weighted by atomic mass is 16.2. The summed E-state index contributed by atoms with van der Waals surface area (Å²) in [6, 6.07) is 7.05. The number of carbonyl (C=O) groups excluding carboxylic acids is 2. The Morgan fingerprint density at radius 3 is 2.13 bits per heavy atom. The third-order valence-corrected chi connectivity index (χ3v) is 4.14. The summed E-state index contributed by atoms with van der Waals surface area (Å²) in [6.07, 6.45) is 6.19. The Bertz CT molecular complexity index is 518. The zero-order chi connectivity index (χ0) is 16.7. The fraction of sp³-hybridized carbons (Fsp3) is 0.556. The van der Waals surface area contributed by atoms with Crippen molar-refractivity contribution in [2.45, 2.75) is 32.1 Å². The van der Waals surface area contributed by atoms with Crippen LogP contribution in [0.3, 0.4) is 0 Å². The minimum atomic E-state index is -0.0384. The number of hydrogen-bond acceptors (Lipinski definition) is 3. The van der Waals surface area contributed by atoms with Crippen LogP contribution < -0.4 is 5.32 Å². The van der Waals surface area contributed by atoms with E-state index in [0.29, 0.717) is 12.1 Å². The first kappa shape index (κ1) is 17.5. The zero-order valence-electron chi connectivity index (χ0n) is 14.2. The lowest BCUT2D eigenvalue weighted by atomic mass is 10.1. The van der Waals surface area contributed by atoms with Gasteiger partial charge in [0.25, 0.3) is 5.91 Å². The lowest BCUT2D eigenvalue weighted by molar-refractivity contribution is -0.117. The molecule has 1 N–H and O–H groups in total. The van der Waals surface area contributed by atoms with Crippen LogP contribution >= 0.6 is 0 Å². The van der Waals surface area contributed by atoms with Crippen LogP contribution in [-0.4, -0.2) is 55.3 Å². The fourth-order valence-electron chi connectivity index (χ4n) is 2.83. The van der Waals surface area contributed by atoms with Gasteiger partial charge >= 0.3 is 0 Å². The second-order valence-corrected chi connectivity index (χ2v) is 6.37. The van der Waals surface area contributed by atoms with E-state index in [1.807, 2.05) is 0 Å². The first-order chi connectivity index (χ1) is 11.1. The predicted octanol–water partition coefficient (Wildman–Crippen LogP) is 2.59. The van der Waals surface area contributed by atoms with Crippen LogP contribution in [-0.2, 0) is 4.79 Å². The number of anilines is 1. The molecule has 1 fully saturated rings. The van der Waals surface area contributed by atoms with E-state index >= 15 is 0 Å². The number of nitrogens with one attached hydrogen (secondary N) is 1. The quantitative estimate of drug-likeness (QED) is 0.928. The Morgan fingerprint density at radius 2 is 1.57 bits per heavy atom. The average molecular weight is 317 g/mol. The highest BCUT2D eigenvalue weighted by molar-refractivity contribution is 5.95. The van der Waals surface area contributed by atoms with E-state index in [1.165, 1.54) is 37.0 Å². The molecule has 5 nitrogen and oxygen atoms in total. The number of rotatable bonds is 4. The van der Waals surface area contributed by atoms with Crippen LogP contribution in [0, 0.1) is 0 Å². The van der Waals surface area contributed by atoms with Crippen LogP contribution in [0.4, 0.5) is 5.69 Å². The molecule has 0 aromatic heterocycles. The van der Waals surface area contributed by atoms with Crippen molar-refractivity contribution in [3.05, 3.63) is 29.8 Å². The van der Waals surface area contributed by atoms with Crippen molar-refractivity contribution in [3.8, 4) is 0 Å². The van der Waals surface area contributed by atoms with E-state index in [9.17, 15) is 9.59 Å². The average Bonchev–Trinajstić information content (AvgIpc) is 2.50. The van der Waals surface area contributed by atoms with Crippen molar-refractivity contribution in [2.24, 2.45) is 0 Å². The molecular weight excluding hydrogens is 290 g/mol. The number of carbonyl (C=O) groups is 2. The normalized spacial score (nSPS) is 16.3. The Morgan fingerprint density at radius 1 is 1.00 bits per heavy atom. The van der Waals surface area contributed by atoms with Crippen LogP contribution in [0.25, 0.3) is 0 Å². The lowest BCUT2D eigenvalue weighted by Gasteiger charge is -2.23. The second kappa shape index (κ2) is 8.67. The van der Waals surface area contributed by atoms with Gasteiger partial charge in [-0.3, -0.25) is 14.5 Å². The van der Waals surface area contributed by atoms with Crippen LogP contribution in [0.5, 0.6) is 0 Å². The molecule has 1 saturated heterocycles. The topological polar surface area (TPSA) is 52.7 Å². The maximum Gasteiger partial charge on any atom is 0.253 e. The molecule has 0 unspecified atom stereocenters. The Labute approximate surface area is 138 Å². The van der Waals surface area contributed by atoms with Crippen LogP contribution in [0.15, 0.2) is 24.3 Å². The maximum absolute atomic E-state index is 12.2. The van der Waals surface area contributed by atoms with E-state index in [0.717, 1.165) is 18.8 Å². The molecule has 0 bridgehead atoms. The van der Waals surface area contributed by atoms with Gasteiger partial charge in [0.05, 0.1) is 6.54 Å². The monoisotopic (exact) mass is 317 g/mol.